The summed E-state index contributed by atoms with van der Waals surface area (Å²) in [6, 6.07) is 7.39. The van der Waals surface area contributed by atoms with Crippen LogP contribution in [0, 0.1) is 0 Å². The summed E-state index contributed by atoms with van der Waals surface area (Å²) in [5, 5.41) is 2.69. The summed E-state index contributed by atoms with van der Waals surface area (Å²) in [4.78, 5) is 0. The fourth-order valence-corrected chi connectivity index (χ4v) is 3.58. The standard InChI is InChI=1S/C15H24N2O3S/c1-3-9-16-11-12(2)21(18,19)17-14-8-10-20-15-7-5-4-6-13(14)15/h4-7,12,14,16-17H,3,8-11H2,1-2H3. The van der Waals surface area contributed by atoms with E-state index < -0.39 is 15.3 Å². The molecule has 0 fully saturated rings. The van der Waals surface area contributed by atoms with Crippen molar-refractivity contribution in [2.45, 2.75) is 38.0 Å². The Balaban J connectivity index is 2.04. The van der Waals surface area contributed by atoms with Crippen LogP contribution in [0.4, 0.5) is 0 Å². The fraction of sp³-hybridized carbons (Fsp3) is 0.600. The lowest BCUT2D eigenvalue weighted by Crippen LogP contribution is -2.41. The monoisotopic (exact) mass is 312 g/mol. The van der Waals surface area contributed by atoms with E-state index in [1.165, 1.54) is 0 Å². The van der Waals surface area contributed by atoms with E-state index in [9.17, 15) is 8.42 Å². The number of ether oxygens (including phenoxy) is 1. The molecule has 1 aromatic carbocycles. The molecule has 0 saturated carbocycles. The lowest BCUT2D eigenvalue weighted by atomic mass is 10.0. The van der Waals surface area contributed by atoms with Crippen molar-refractivity contribution in [1.29, 1.82) is 0 Å². The zero-order chi connectivity index (χ0) is 15.3. The molecule has 1 heterocycles. The Morgan fingerprint density at radius 1 is 1.38 bits per heavy atom. The summed E-state index contributed by atoms with van der Waals surface area (Å²) in [5.74, 6) is 0.771. The number of hydrogen-bond donors (Lipinski definition) is 2. The fourth-order valence-electron chi connectivity index (χ4n) is 2.37. The van der Waals surface area contributed by atoms with Crippen LogP contribution in [0.5, 0.6) is 5.75 Å². The van der Waals surface area contributed by atoms with Gasteiger partial charge in [-0.2, -0.15) is 0 Å². The van der Waals surface area contributed by atoms with Gasteiger partial charge in [-0.05, 0) is 26.0 Å². The molecule has 6 heteroatoms. The molecule has 0 radical (unpaired) electrons. The zero-order valence-electron chi connectivity index (χ0n) is 12.6. The van der Waals surface area contributed by atoms with Gasteiger partial charge in [-0.15, -0.1) is 0 Å². The molecule has 0 saturated heterocycles. The van der Waals surface area contributed by atoms with Crippen molar-refractivity contribution in [2.75, 3.05) is 19.7 Å². The summed E-state index contributed by atoms with van der Waals surface area (Å²) in [7, 11) is -3.35. The number of sulfonamides is 1. The normalized spacial score (nSPS) is 19.6. The molecule has 21 heavy (non-hydrogen) atoms. The highest BCUT2D eigenvalue weighted by molar-refractivity contribution is 7.90. The van der Waals surface area contributed by atoms with Crippen LogP contribution < -0.4 is 14.8 Å². The first-order chi connectivity index (χ1) is 10.0. The summed E-state index contributed by atoms with van der Waals surface area (Å²) in [6.07, 6.45) is 1.65. The van der Waals surface area contributed by atoms with Gasteiger partial charge >= 0.3 is 0 Å². The van der Waals surface area contributed by atoms with Crippen molar-refractivity contribution in [3.63, 3.8) is 0 Å². The Morgan fingerprint density at radius 3 is 2.90 bits per heavy atom. The quantitative estimate of drug-likeness (QED) is 0.754. The van der Waals surface area contributed by atoms with Gasteiger partial charge in [0.1, 0.15) is 5.75 Å². The number of hydrogen-bond acceptors (Lipinski definition) is 4. The molecule has 2 N–H and O–H groups in total. The second-order valence-corrected chi connectivity index (χ2v) is 7.54. The SMILES string of the molecule is CCCNCC(C)S(=O)(=O)NC1CCOc2ccccc21. The first-order valence-electron chi connectivity index (χ1n) is 7.48. The van der Waals surface area contributed by atoms with E-state index in [0.717, 1.165) is 24.3 Å². The topological polar surface area (TPSA) is 67.4 Å². The van der Waals surface area contributed by atoms with Crippen molar-refractivity contribution >= 4 is 10.0 Å². The molecule has 0 spiro atoms. The maximum absolute atomic E-state index is 12.4. The van der Waals surface area contributed by atoms with Crippen LogP contribution in [-0.4, -0.2) is 33.4 Å². The number of benzene rings is 1. The van der Waals surface area contributed by atoms with Gasteiger partial charge in [0.05, 0.1) is 17.9 Å². The van der Waals surface area contributed by atoms with Gasteiger partial charge in [0.15, 0.2) is 0 Å². The first-order valence-corrected chi connectivity index (χ1v) is 9.03. The number of fused-ring (bicyclic) bond motifs is 1. The molecule has 1 aliphatic rings. The van der Waals surface area contributed by atoms with Gasteiger partial charge in [-0.3, -0.25) is 0 Å². The third kappa shape index (κ3) is 4.18. The van der Waals surface area contributed by atoms with Crippen molar-refractivity contribution < 1.29 is 13.2 Å². The second-order valence-electron chi connectivity index (χ2n) is 5.41. The first kappa shape index (κ1) is 16.3. The lowest BCUT2D eigenvalue weighted by Gasteiger charge is -2.27. The van der Waals surface area contributed by atoms with Crippen LogP contribution in [-0.2, 0) is 10.0 Å². The van der Waals surface area contributed by atoms with E-state index in [1.807, 2.05) is 24.3 Å². The third-order valence-electron chi connectivity index (χ3n) is 3.65. The van der Waals surface area contributed by atoms with Crippen LogP contribution in [0.2, 0.25) is 0 Å². The molecule has 1 aliphatic heterocycles. The van der Waals surface area contributed by atoms with E-state index in [1.54, 1.807) is 6.92 Å². The van der Waals surface area contributed by atoms with Crippen LogP contribution in [0.15, 0.2) is 24.3 Å². The molecule has 5 nitrogen and oxygen atoms in total. The molecule has 1 aromatic rings. The Hall–Kier alpha value is -1.11. The number of para-hydroxylation sites is 1. The molecule has 2 atom stereocenters. The molecule has 0 aromatic heterocycles. The molecule has 0 amide bonds. The summed E-state index contributed by atoms with van der Waals surface area (Å²) in [6.45, 7) is 5.63. The summed E-state index contributed by atoms with van der Waals surface area (Å²) >= 11 is 0. The van der Waals surface area contributed by atoms with Gasteiger partial charge in [-0.25, -0.2) is 13.1 Å². The zero-order valence-corrected chi connectivity index (χ0v) is 13.4. The largest absolute Gasteiger partial charge is 0.493 e. The molecule has 118 valence electrons. The number of rotatable bonds is 7. The van der Waals surface area contributed by atoms with Crippen molar-refractivity contribution in [3.8, 4) is 5.75 Å². The van der Waals surface area contributed by atoms with Crippen LogP contribution >= 0.6 is 0 Å². The van der Waals surface area contributed by atoms with Gasteiger partial charge in [0.2, 0.25) is 10.0 Å². The molecule has 0 aliphatic carbocycles. The Labute approximate surface area is 127 Å². The minimum Gasteiger partial charge on any atom is -0.493 e. The van der Waals surface area contributed by atoms with E-state index in [0.29, 0.717) is 19.6 Å². The second kappa shape index (κ2) is 7.24. The predicted molar refractivity (Wildman–Crippen MR) is 84.0 cm³/mol. The van der Waals surface area contributed by atoms with Crippen LogP contribution in [0.1, 0.15) is 38.3 Å². The van der Waals surface area contributed by atoms with Gasteiger partial charge in [0.25, 0.3) is 0 Å². The highest BCUT2D eigenvalue weighted by Gasteiger charge is 2.28. The van der Waals surface area contributed by atoms with Crippen LogP contribution in [0.3, 0.4) is 0 Å². The number of nitrogens with one attached hydrogen (secondary N) is 2. The smallest absolute Gasteiger partial charge is 0.216 e. The van der Waals surface area contributed by atoms with Gasteiger partial charge in [-0.1, -0.05) is 25.1 Å². The van der Waals surface area contributed by atoms with Crippen molar-refractivity contribution in [2.24, 2.45) is 0 Å². The highest BCUT2D eigenvalue weighted by atomic mass is 32.2. The average molecular weight is 312 g/mol. The molecule has 0 bridgehead atoms. The average Bonchev–Trinajstić information content (AvgIpc) is 2.47. The van der Waals surface area contributed by atoms with Gasteiger partial charge < -0.3 is 10.1 Å². The Bertz CT molecular complexity index is 560. The molecule has 2 rings (SSSR count). The predicted octanol–water partition coefficient (Wildman–Crippen LogP) is 1.82. The molecular formula is C15H24N2O3S. The molecule has 2 unspecified atom stereocenters. The van der Waals surface area contributed by atoms with Crippen LogP contribution in [0.25, 0.3) is 0 Å². The van der Waals surface area contributed by atoms with Gasteiger partial charge in [0, 0.05) is 18.5 Å². The van der Waals surface area contributed by atoms with E-state index >= 15 is 0 Å². The maximum Gasteiger partial charge on any atom is 0.216 e. The molecular weight excluding hydrogens is 288 g/mol. The van der Waals surface area contributed by atoms with Crippen molar-refractivity contribution in [3.05, 3.63) is 29.8 Å². The van der Waals surface area contributed by atoms with E-state index in [-0.39, 0.29) is 6.04 Å². The van der Waals surface area contributed by atoms with E-state index in [4.69, 9.17) is 4.74 Å². The lowest BCUT2D eigenvalue weighted by molar-refractivity contribution is 0.263. The summed E-state index contributed by atoms with van der Waals surface area (Å²) in [5.41, 5.74) is 0.918. The minimum atomic E-state index is -3.35. The van der Waals surface area contributed by atoms with Crippen molar-refractivity contribution in [1.82, 2.24) is 10.0 Å². The Morgan fingerprint density at radius 2 is 2.14 bits per heavy atom. The van der Waals surface area contributed by atoms with E-state index in [2.05, 4.69) is 17.0 Å². The Kier molecular flexibility index (Phi) is 5.61. The third-order valence-corrected chi connectivity index (χ3v) is 5.49. The maximum atomic E-state index is 12.4. The summed E-state index contributed by atoms with van der Waals surface area (Å²) < 4.78 is 33.2. The minimum absolute atomic E-state index is 0.200. The highest BCUT2D eigenvalue weighted by Crippen LogP contribution is 2.32.